The summed E-state index contributed by atoms with van der Waals surface area (Å²) in [6.07, 6.45) is 3.30. The Balaban J connectivity index is 1.71. The van der Waals surface area contributed by atoms with E-state index in [1.54, 1.807) is 0 Å². The summed E-state index contributed by atoms with van der Waals surface area (Å²) < 4.78 is 0. The molecule has 2 amide bonds. The molecule has 108 valence electrons. The van der Waals surface area contributed by atoms with Crippen LogP contribution in [0.2, 0.25) is 0 Å². The molecule has 4 heteroatoms. The average Bonchev–Trinajstić information content (AvgIpc) is 2.45. The summed E-state index contributed by atoms with van der Waals surface area (Å²) in [5.41, 5.74) is 9.16. The molecule has 3 rings (SSSR count). The highest BCUT2D eigenvalue weighted by Gasteiger charge is 2.27. The van der Waals surface area contributed by atoms with Crippen molar-refractivity contribution in [2.75, 3.05) is 25.4 Å². The van der Waals surface area contributed by atoms with Crippen molar-refractivity contribution in [2.45, 2.75) is 32.7 Å². The first-order chi connectivity index (χ1) is 9.63. The van der Waals surface area contributed by atoms with Crippen molar-refractivity contribution in [3.05, 3.63) is 29.3 Å². The first kappa shape index (κ1) is 13.3. The van der Waals surface area contributed by atoms with Gasteiger partial charge in [0.1, 0.15) is 0 Å². The molecule has 0 spiro atoms. The number of hydrogen-bond acceptors (Lipinski definition) is 2. The van der Waals surface area contributed by atoms with Gasteiger partial charge >= 0.3 is 6.03 Å². The van der Waals surface area contributed by atoms with E-state index in [4.69, 9.17) is 5.73 Å². The van der Waals surface area contributed by atoms with Crippen LogP contribution in [-0.4, -0.2) is 35.5 Å². The van der Waals surface area contributed by atoms with Crippen LogP contribution in [0.15, 0.2) is 18.2 Å². The highest BCUT2D eigenvalue weighted by Crippen LogP contribution is 2.24. The maximum atomic E-state index is 12.6. The van der Waals surface area contributed by atoms with Gasteiger partial charge in [-0.3, -0.25) is 0 Å². The Kier molecular flexibility index (Phi) is 3.55. The zero-order chi connectivity index (χ0) is 14.1. The lowest BCUT2D eigenvalue weighted by Gasteiger charge is -2.37. The molecule has 2 aliphatic rings. The minimum Gasteiger partial charge on any atom is -0.399 e. The van der Waals surface area contributed by atoms with Crippen molar-refractivity contribution in [1.82, 2.24) is 9.80 Å². The van der Waals surface area contributed by atoms with Crippen LogP contribution >= 0.6 is 0 Å². The summed E-state index contributed by atoms with van der Waals surface area (Å²) in [5, 5.41) is 0. The van der Waals surface area contributed by atoms with E-state index in [9.17, 15) is 4.79 Å². The molecule has 2 heterocycles. The number of nitrogens with zero attached hydrogens (tertiary/aromatic N) is 2. The number of benzene rings is 1. The Hall–Kier alpha value is -1.71. The minimum atomic E-state index is 0.199. The molecule has 0 radical (unpaired) electrons. The molecule has 0 aliphatic carbocycles. The maximum Gasteiger partial charge on any atom is 0.320 e. The van der Waals surface area contributed by atoms with Gasteiger partial charge in [-0.15, -0.1) is 0 Å². The molecule has 0 aromatic heterocycles. The van der Waals surface area contributed by atoms with E-state index < -0.39 is 0 Å². The number of amides is 2. The number of urea groups is 1. The molecule has 1 aromatic carbocycles. The number of rotatable bonds is 0. The van der Waals surface area contributed by atoms with Crippen LogP contribution in [0.4, 0.5) is 10.5 Å². The van der Waals surface area contributed by atoms with E-state index in [-0.39, 0.29) is 6.03 Å². The lowest BCUT2D eigenvalue weighted by Crippen LogP contribution is -2.48. The van der Waals surface area contributed by atoms with Gasteiger partial charge in [0, 0.05) is 31.9 Å². The van der Waals surface area contributed by atoms with Gasteiger partial charge in [-0.25, -0.2) is 4.79 Å². The molecular formula is C16H23N3O. The number of piperidine rings is 1. The standard InChI is InChI=1S/C16H23N3O/c1-12-3-2-7-18(10-12)16(20)19-8-6-13-4-5-15(17)9-14(13)11-19/h4-5,9,12H,2-3,6-8,10-11,17H2,1H3. The second-order valence-electron chi connectivity index (χ2n) is 6.18. The Labute approximate surface area is 120 Å². The van der Waals surface area contributed by atoms with Crippen LogP contribution in [0, 0.1) is 5.92 Å². The summed E-state index contributed by atoms with van der Waals surface area (Å²) in [4.78, 5) is 16.6. The lowest BCUT2D eigenvalue weighted by molar-refractivity contribution is 0.127. The minimum absolute atomic E-state index is 0.199. The molecule has 1 fully saturated rings. The van der Waals surface area contributed by atoms with Crippen LogP contribution in [-0.2, 0) is 13.0 Å². The molecule has 1 saturated heterocycles. The van der Waals surface area contributed by atoms with Crippen LogP contribution in [0.25, 0.3) is 0 Å². The van der Waals surface area contributed by atoms with Gasteiger partial charge in [0.15, 0.2) is 0 Å². The van der Waals surface area contributed by atoms with Crippen molar-refractivity contribution in [2.24, 2.45) is 5.92 Å². The van der Waals surface area contributed by atoms with Crippen LogP contribution in [0.1, 0.15) is 30.9 Å². The van der Waals surface area contributed by atoms with Gasteiger partial charge in [-0.1, -0.05) is 13.0 Å². The number of anilines is 1. The molecule has 2 N–H and O–H groups in total. The fraction of sp³-hybridized carbons (Fsp3) is 0.562. The van der Waals surface area contributed by atoms with Crippen LogP contribution in [0.3, 0.4) is 0 Å². The highest BCUT2D eigenvalue weighted by atomic mass is 16.2. The number of carbonyl (C=O) groups excluding carboxylic acids is 1. The van der Waals surface area contributed by atoms with Gasteiger partial charge in [0.05, 0.1) is 0 Å². The normalized spacial score (nSPS) is 22.6. The van der Waals surface area contributed by atoms with Crippen LogP contribution < -0.4 is 5.73 Å². The fourth-order valence-electron chi connectivity index (χ4n) is 3.30. The van der Waals surface area contributed by atoms with E-state index in [0.717, 1.165) is 38.2 Å². The van der Waals surface area contributed by atoms with E-state index in [2.05, 4.69) is 13.0 Å². The quantitative estimate of drug-likeness (QED) is 0.738. The van der Waals surface area contributed by atoms with Gasteiger partial charge in [-0.05, 0) is 48.4 Å². The second kappa shape index (κ2) is 5.35. The predicted octanol–water partition coefficient (Wildman–Crippen LogP) is 2.48. The Bertz CT molecular complexity index is 514. The summed E-state index contributed by atoms with van der Waals surface area (Å²) in [7, 11) is 0. The molecule has 1 atom stereocenters. The predicted molar refractivity (Wildman–Crippen MR) is 80.3 cm³/mol. The topological polar surface area (TPSA) is 49.6 Å². The number of carbonyl (C=O) groups is 1. The number of nitrogens with two attached hydrogens (primary N) is 1. The van der Waals surface area contributed by atoms with E-state index in [1.165, 1.54) is 17.5 Å². The van der Waals surface area contributed by atoms with Crippen molar-refractivity contribution in [3.8, 4) is 0 Å². The second-order valence-corrected chi connectivity index (χ2v) is 6.18. The Morgan fingerprint density at radius 1 is 1.25 bits per heavy atom. The third kappa shape index (κ3) is 2.60. The van der Waals surface area contributed by atoms with Gasteiger partial charge in [0.2, 0.25) is 0 Å². The highest BCUT2D eigenvalue weighted by molar-refractivity contribution is 5.75. The Morgan fingerprint density at radius 3 is 2.90 bits per heavy atom. The third-order valence-electron chi connectivity index (χ3n) is 4.44. The fourth-order valence-corrected chi connectivity index (χ4v) is 3.30. The SMILES string of the molecule is CC1CCCN(C(=O)N2CCc3ccc(N)cc3C2)C1. The zero-order valence-corrected chi connectivity index (χ0v) is 12.1. The molecule has 0 bridgehead atoms. The Morgan fingerprint density at radius 2 is 2.10 bits per heavy atom. The number of nitrogen functional groups attached to an aromatic ring is 1. The first-order valence-corrected chi connectivity index (χ1v) is 7.54. The van der Waals surface area contributed by atoms with Gasteiger partial charge in [-0.2, -0.15) is 0 Å². The van der Waals surface area contributed by atoms with Crippen molar-refractivity contribution >= 4 is 11.7 Å². The van der Waals surface area contributed by atoms with Crippen molar-refractivity contribution < 1.29 is 4.79 Å². The van der Waals surface area contributed by atoms with Gasteiger partial charge in [0.25, 0.3) is 0 Å². The number of fused-ring (bicyclic) bond motifs is 1. The average molecular weight is 273 g/mol. The van der Waals surface area contributed by atoms with E-state index in [1.807, 2.05) is 21.9 Å². The van der Waals surface area contributed by atoms with E-state index in [0.29, 0.717) is 12.5 Å². The summed E-state index contributed by atoms with van der Waals surface area (Å²) in [6.45, 7) is 5.55. The summed E-state index contributed by atoms with van der Waals surface area (Å²) in [5.74, 6) is 0.625. The first-order valence-electron chi connectivity index (χ1n) is 7.54. The van der Waals surface area contributed by atoms with Gasteiger partial charge < -0.3 is 15.5 Å². The van der Waals surface area contributed by atoms with E-state index >= 15 is 0 Å². The summed E-state index contributed by atoms with van der Waals surface area (Å²) in [6, 6.07) is 6.25. The molecule has 2 aliphatic heterocycles. The van der Waals surface area contributed by atoms with Crippen molar-refractivity contribution in [3.63, 3.8) is 0 Å². The lowest BCUT2D eigenvalue weighted by atomic mass is 9.98. The summed E-state index contributed by atoms with van der Waals surface area (Å²) >= 11 is 0. The molecule has 4 nitrogen and oxygen atoms in total. The molecule has 1 aromatic rings. The smallest absolute Gasteiger partial charge is 0.320 e. The number of likely N-dealkylation sites (tertiary alicyclic amines) is 1. The molecule has 1 unspecified atom stereocenters. The third-order valence-corrected chi connectivity index (χ3v) is 4.44. The van der Waals surface area contributed by atoms with Crippen LogP contribution in [0.5, 0.6) is 0 Å². The van der Waals surface area contributed by atoms with Crippen molar-refractivity contribution in [1.29, 1.82) is 0 Å². The largest absolute Gasteiger partial charge is 0.399 e. The molecular weight excluding hydrogens is 250 g/mol. The number of hydrogen-bond donors (Lipinski definition) is 1. The zero-order valence-electron chi connectivity index (χ0n) is 12.1. The monoisotopic (exact) mass is 273 g/mol. The molecule has 0 saturated carbocycles. The molecule has 20 heavy (non-hydrogen) atoms. The maximum absolute atomic E-state index is 12.6.